The van der Waals surface area contributed by atoms with Crippen molar-refractivity contribution in [1.82, 2.24) is 4.57 Å². The summed E-state index contributed by atoms with van der Waals surface area (Å²) in [6.45, 7) is 2.96. The zero-order chi connectivity index (χ0) is 9.97. The number of aromatic nitrogens is 1. The molecule has 2 aromatic rings. The molecule has 1 heterocycles. The molecule has 1 radical (unpaired) electrons. The Labute approximate surface area is 83.8 Å². The maximum atomic E-state index is 8.87. The number of aliphatic hydroxyl groups is 1. The number of hydrogen-bond donors (Lipinski definition) is 1. The van der Waals surface area contributed by atoms with Crippen molar-refractivity contribution in [3.8, 4) is 0 Å². The van der Waals surface area contributed by atoms with Crippen LogP contribution >= 0.6 is 0 Å². The summed E-state index contributed by atoms with van der Waals surface area (Å²) in [6.07, 6.45) is 3.02. The highest BCUT2D eigenvalue weighted by atomic mass is 16.3. The van der Waals surface area contributed by atoms with Gasteiger partial charge < -0.3 is 9.67 Å². The SMILES string of the molecule is CCc1[c]cc2c(ccn2CCO)c1. The number of fused-ring (bicyclic) bond motifs is 1. The third-order valence-corrected chi connectivity index (χ3v) is 2.49. The summed E-state index contributed by atoms with van der Waals surface area (Å²) in [5, 5.41) is 10.1. The molecular weight excluding hydrogens is 174 g/mol. The van der Waals surface area contributed by atoms with E-state index in [1.807, 2.05) is 16.8 Å². The predicted molar refractivity (Wildman–Crippen MR) is 57.2 cm³/mol. The van der Waals surface area contributed by atoms with Gasteiger partial charge >= 0.3 is 0 Å². The van der Waals surface area contributed by atoms with Crippen LogP contribution in [0.3, 0.4) is 0 Å². The molecule has 0 aliphatic carbocycles. The molecule has 1 aromatic carbocycles. The molecule has 0 aliphatic heterocycles. The highest BCUT2D eigenvalue weighted by Gasteiger charge is 2.00. The van der Waals surface area contributed by atoms with Gasteiger partial charge in [0.05, 0.1) is 6.61 Å². The van der Waals surface area contributed by atoms with E-state index in [-0.39, 0.29) is 6.61 Å². The Morgan fingerprint density at radius 3 is 3.07 bits per heavy atom. The lowest BCUT2D eigenvalue weighted by atomic mass is 10.1. The van der Waals surface area contributed by atoms with Gasteiger partial charge in [-0.3, -0.25) is 0 Å². The van der Waals surface area contributed by atoms with Crippen LogP contribution in [0.4, 0.5) is 0 Å². The summed E-state index contributed by atoms with van der Waals surface area (Å²) in [5.41, 5.74) is 2.38. The highest BCUT2D eigenvalue weighted by molar-refractivity contribution is 5.80. The zero-order valence-corrected chi connectivity index (χ0v) is 8.33. The van der Waals surface area contributed by atoms with Gasteiger partial charge in [0.25, 0.3) is 0 Å². The van der Waals surface area contributed by atoms with Crippen molar-refractivity contribution in [3.63, 3.8) is 0 Å². The van der Waals surface area contributed by atoms with E-state index in [4.69, 9.17) is 5.11 Å². The third-order valence-electron chi connectivity index (χ3n) is 2.49. The molecule has 2 nitrogen and oxygen atoms in total. The van der Waals surface area contributed by atoms with Gasteiger partial charge in [0.2, 0.25) is 0 Å². The fourth-order valence-corrected chi connectivity index (χ4v) is 1.69. The standard InChI is InChI=1S/C12H14NO/c1-2-10-3-4-12-11(9-10)5-6-13(12)7-8-14/h4-6,9,14H,2,7-8H2,1H3. The molecule has 2 rings (SSSR count). The minimum atomic E-state index is 0.180. The van der Waals surface area contributed by atoms with E-state index in [1.165, 1.54) is 10.9 Å². The van der Waals surface area contributed by atoms with E-state index in [0.717, 1.165) is 11.9 Å². The second kappa shape index (κ2) is 3.84. The monoisotopic (exact) mass is 188 g/mol. The number of hydrogen-bond acceptors (Lipinski definition) is 1. The fraction of sp³-hybridized carbons (Fsp3) is 0.333. The van der Waals surface area contributed by atoms with Crippen molar-refractivity contribution >= 4 is 10.9 Å². The van der Waals surface area contributed by atoms with Crippen LogP contribution in [0.15, 0.2) is 24.4 Å². The summed E-state index contributed by atoms with van der Waals surface area (Å²) in [4.78, 5) is 0. The maximum absolute atomic E-state index is 8.87. The summed E-state index contributed by atoms with van der Waals surface area (Å²) < 4.78 is 2.05. The van der Waals surface area contributed by atoms with E-state index in [2.05, 4.69) is 25.1 Å². The van der Waals surface area contributed by atoms with E-state index >= 15 is 0 Å². The van der Waals surface area contributed by atoms with E-state index in [0.29, 0.717) is 6.54 Å². The van der Waals surface area contributed by atoms with E-state index in [9.17, 15) is 0 Å². The number of aliphatic hydroxyl groups excluding tert-OH is 1. The molecule has 1 aromatic heterocycles. The third kappa shape index (κ3) is 1.53. The van der Waals surface area contributed by atoms with Crippen molar-refractivity contribution in [1.29, 1.82) is 0 Å². The van der Waals surface area contributed by atoms with Gasteiger partial charge in [-0.05, 0) is 41.6 Å². The van der Waals surface area contributed by atoms with Gasteiger partial charge in [0, 0.05) is 18.3 Å². The number of nitrogens with zero attached hydrogens (tertiary/aromatic N) is 1. The molecule has 14 heavy (non-hydrogen) atoms. The van der Waals surface area contributed by atoms with Crippen molar-refractivity contribution in [2.45, 2.75) is 19.9 Å². The van der Waals surface area contributed by atoms with E-state index < -0.39 is 0 Å². The molecule has 0 bridgehead atoms. The molecule has 0 saturated heterocycles. The van der Waals surface area contributed by atoms with Crippen molar-refractivity contribution in [3.05, 3.63) is 36.0 Å². The first-order valence-corrected chi connectivity index (χ1v) is 4.95. The van der Waals surface area contributed by atoms with Crippen LogP contribution in [0.1, 0.15) is 12.5 Å². The van der Waals surface area contributed by atoms with Crippen LogP contribution in [-0.2, 0) is 13.0 Å². The highest BCUT2D eigenvalue weighted by Crippen LogP contribution is 2.17. The van der Waals surface area contributed by atoms with Crippen LogP contribution in [0.5, 0.6) is 0 Å². The quantitative estimate of drug-likeness (QED) is 0.783. The molecule has 0 saturated carbocycles. The lowest BCUT2D eigenvalue weighted by molar-refractivity contribution is 0.278. The predicted octanol–water partition coefficient (Wildman–Crippen LogP) is 2.00. The minimum Gasteiger partial charge on any atom is -0.395 e. The molecule has 2 heteroatoms. The van der Waals surface area contributed by atoms with Gasteiger partial charge in [0.1, 0.15) is 0 Å². The van der Waals surface area contributed by atoms with Crippen LogP contribution in [0.2, 0.25) is 0 Å². The molecular formula is C12H14NO. The lowest BCUT2D eigenvalue weighted by Crippen LogP contribution is -1.99. The molecule has 0 spiro atoms. The van der Waals surface area contributed by atoms with Crippen molar-refractivity contribution in [2.24, 2.45) is 0 Å². The Morgan fingerprint density at radius 2 is 2.36 bits per heavy atom. The van der Waals surface area contributed by atoms with Gasteiger partial charge in [-0.15, -0.1) is 0 Å². The fourth-order valence-electron chi connectivity index (χ4n) is 1.69. The summed E-state index contributed by atoms with van der Waals surface area (Å²) in [7, 11) is 0. The smallest absolute Gasteiger partial charge is 0.0610 e. The lowest BCUT2D eigenvalue weighted by Gasteiger charge is -2.02. The summed E-state index contributed by atoms with van der Waals surface area (Å²) in [5.74, 6) is 0. The Balaban J connectivity index is 2.48. The second-order valence-electron chi connectivity index (χ2n) is 3.39. The largest absolute Gasteiger partial charge is 0.395 e. The Kier molecular flexibility index (Phi) is 2.55. The average molecular weight is 188 g/mol. The molecule has 0 amide bonds. The Morgan fingerprint density at radius 1 is 1.50 bits per heavy atom. The molecule has 0 aliphatic rings. The molecule has 0 atom stereocenters. The van der Waals surface area contributed by atoms with Crippen LogP contribution in [-0.4, -0.2) is 16.3 Å². The van der Waals surface area contributed by atoms with Gasteiger partial charge in [-0.2, -0.15) is 0 Å². The van der Waals surface area contributed by atoms with Crippen LogP contribution in [0.25, 0.3) is 10.9 Å². The van der Waals surface area contributed by atoms with Gasteiger partial charge in [-0.1, -0.05) is 6.92 Å². The van der Waals surface area contributed by atoms with Crippen molar-refractivity contribution in [2.75, 3.05) is 6.61 Å². The van der Waals surface area contributed by atoms with Crippen molar-refractivity contribution < 1.29 is 5.11 Å². The number of rotatable bonds is 3. The number of aryl methyl sites for hydroxylation is 1. The summed E-state index contributed by atoms with van der Waals surface area (Å²) >= 11 is 0. The second-order valence-corrected chi connectivity index (χ2v) is 3.39. The first-order chi connectivity index (χ1) is 6.85. The Hall–Kier alpha value is -1.28. The van der Waals surface area contributed by atoms with E-state index in [1.54, 1.807) is 0 Å². The molecule has 0 unspecified atom stereocenters. The average Bonchev–Trinajstić information content (AvgIpc) is 2.61. The molecule has 1 N–H and O–H groups in total. The van der Waals surface area contributed by atoms with Gasteiger partial charge in [-0.25, -0.2) is 0 Å². The molecule has 0 fully saturated rings. The minimum absolute atomic E-state index is 0.180. The summed E-state index contributed by atoms with van der Waals surface area (Å²) in [6, 6.07) is 9.48. The topological polar surface area (TPSA) is 25.2 Å². The Bertz CT molecular complexity index is 431. The first-order valence-electron chi connectivity index (χ1n) is 4.95. The van der Waals surface area contributed by atoms with Crippen LogP contribution < -0.4 is 0 Å². The van der Waals surface area contributed by atoms with Gasteiger partial charge in [0.15, 0.2) is 0 Å². The first kappa shape index (κ1) is 9.28. The number of benzene rings is 1. The van der Waals surface area contributed by atoms with Crippen LogP contribution in [0, 0.1) is 6.07 Å². The molecule has 73 valence electrons. The zero-order valence-electron chi connectivity index (χ0n) is 8.33. The maximum Gasteiger partial charge on any atom is 0.0610 e. The normalized spacial score (nSPS) is 11.0.